The monoisotopic (exact) mass is 210 g/mol. The molecule has 2 nitrogen and oxygen atoms in total. The lowest BCUT2D eigenvalue weighted by Gasteiger charge is -2.39. The van der Waals surface area contributed by atoms with Crippen molar-refractivity contribution in [2.24, 2.45) is 5.92 Å². The van der Waals surface area contributed by atoms with E-state index in [-0.39, 0.29) is 0 Å². The number of nitrogens with zero attached hydrogens (tertiary/aromatic N) is 1. The zero-order valence-electron chi connectivity index (χ0n) is 10.2. The van der Waals surface area contributed by atoms with Gasteiger partial charge in [0.25, 0.3) is 0 Å². The van der Waals surface area contributed by atoms with Crippen LogP contribution in [0.15, 0.2) is 0 Å². The first-order chi connectivity index (χ1) is 7.40. The molecule has 2 rings (SSSR count). The van der Waals surface area contributed by atoms with Crippen molar-refractivity contribution in [3.63, 3.8) is 0 Å². The molecule has 2 fully saturated rings. The van der Waals surface area contributed by atoms with E-state index in [1.165, 1.54) is 64.7 Å². The van der Waals surface area contributed by atoms with Crippen LogP contribution in [-0.2, 0) is 0 Å². The highest BCUT2D eigenvalue weighted by Gasteiger charge is 2.25. The standard InChI is InChI=1S/C13H26N2/c1-2-4-12-6-9-15(10-7-12)13-5-3-8-14-11-13/h12-14H,2-11H2,1H3. The Morgan fingerprint density at radius 1 is 1.20 bits per heavy atom. The number of likely N-dealkylation sites (tertiary alicyclic amines) is 1. The molecular formula is C13H26N2. The van der Waals surface area contributed by atoms with E-state index in [2.05, 4.69) is 17.1 Å². The van der Waals surface area contributed by atoms with Crippen LogP contribution in [-0.4, -0.2) is 37.1 Å². The Labute approximate surface area is 94.4 Å². The van der Waals surface area contributed by atoms with Gasteiger partial charge in [-0.1, -0.05) is 19.8 Å². The SMILES string of the molecule is CCCC1CCN(C2CCCNC2)CC1. The normalized spacial score (nSPS) is 30.6. The number of nitrogens with one attached hydrogen (secondary N) is 1. The predicted octanol–water partition coefficient (Wildman–Crippen LogP) is 2.25. The maximum atomic E-state index is 3.53. The van der Waals surface area contributed by atoms with E-state index >= 15 is 0 Å². The Morgan fingerprint density at radius 3 is 2.60 bits per heavy atom. The first-order valence-electron chi connectivity index (χ1n) is 6.85. The summed E-state index contributed by atoms with van der Waals surface area (Å²) in [6.45, 7) is 7.51. The summed E-state index contributed by atoms with van der Waals surface area (Å²) in [7, 11) is 0. The molecule has 2 aliphatic rings. The van der Waals surface area contributed by atoms with Gasteiger partial charge in [0.1, 0.15) is 0 Å². The van der Waals surface area contributed by atoms with Gasteiger partial charge >= 0.3 is 0 Å². The molecule has 1 N–H and O–H groups in total. The molecule has 1 atom stereocenters. The quantitative estimate of drug-likeness (QED) is 0.768. The first kappa shape index (κ1) is 11.4. The van der Waals surface area contributed by atoms with Crippen molar-refractivity contribution in [1.82, 2.24) is 10.2 Å². The molecule has 0 radical (unpaired) electrons. The van der Waals surface area contributed by atoms with Gasteiger partial charge in [0, 0.05) is 12.6 Å². The van der Waals surface area contributed by atoms with Gasteiger partial charge in [-0.25, -0.2) is 0 Å². The molecule has 15 heavy (non-hydrogen) atoms. The molecule has 0 aliphatic carbocycles. The summed E-state index contributed by atoms with van der Waals surface area (Å²) in [6.07, 6.45) is 8.52. The van der Waals surface area contributed by atoms with E-state index in [0.717, 1.165) is 12.0 Å². The second-order valence-corrected chi connectivity index (χ2v) is 5.27. The minimum absolute atomic E-state index is 0.848. The van der Waals surface area contributed by atoms with Crippen LogP contribution in [0.4, 0.5) is 0 Å². The Kier molecular flexibility index (Phi) is 4.45. The van der Waals surface area contributed by atoms with Crippen molar-refractivity contribution < 1.29 is 0 Å². The molecule has 2 heterocycles. The predicted molar refractivity (Wildman–Crippen MR) is 65.1 cm³/mol. The molecule has 88 valence electrons. The number of hydrogen-bond donors (Lipinski definition) is 1. The Balaban J connectivity index is 1.72. The molecule has 2 aliphatic heterocycles. The van der Waals surface area contributed by atoms with Gasteiger partial charge < -0.3 is 5.32 Å². The maximum Gasteiger partial charge on any atom is 0.0221 e. The van der Waals surface area contributed by atoms with Crippen LogP contribution in [0, 0.1) is 5.92 Å². The van der Waals surface area contributed by atoms with Crippen LogP contribution in [0.2, 0.25) is 0 Å². The lowest BCUT2D eigenvalue weighted by Crippen LogP contribution is -2.48. The number of hydrogen-bond acceptors (Lipinski definition) is 2. The van der Waals surface area contributed by atoms with Crippen LogP contribution in [0.1, 0.15) is 45.4 Å². The topological polar surface area (TPSA) is 15.3 Å². The van der Waals surface area contributed by atoms with E-state index in [1.807, 2.05) is 0 Å². The molecule has 0 aromatic carbocycles. The third-order valence-corrected chi connectivity index (χ3v) is 4.13. The summed E-state index contributed by atoms with van der Waals surface area (Å²) < 4.78 is 0. The zero-order chi connectivity index (χ0) is 10.5. The zero-order valence-corrected chi connectivity index (χ0v) is 10.2. The Bertz CT molecular complexity index is 167. The molecule has 2 heteroatoms. The van der Waals surface area contributed by atoms with Crippen LogP contribution in [0.5, 0.6) is 0 Å². The molecule has 0 aromatic rings. The van der Waals surface area contributed by atoms with Crippen molar-refractivity contribution in [1.29, 1.82) is 0 Å². The van der Waals surface area contributed by atoms with Crippen LogP contribution >= 0.6 is 0 Å². The Morgan fingerprint density at radius 2 is 2.00 bits per heavy atom. The van der Waals surface area contributed by atoms with Gasteiger partial charge in [-0.05, 0) is 51.2 Å². The fourth-order valence-corrected chi connectivity index (χ4v) is 3.16. The van der Waals surface area contributed by atoms with E-state index in [0.29, 0.717) is 0 Å². The van der Waals surface area contributed by atoms with Crippen LogP contribution < -0.4 is 5.32 Å². The average Bonchev–Trinajstić information content (AvgIpc) is 2.32. The maximum absolute atomic E-state index is 3.53. The summed E-state index contributed by atoms with van der Waals surface area (Å²) in [4.78, 5) is 2.73. The van der Waals surface area contributed by atoms with Crippen molar-refractivity contribution in [2.45, 2.75) is 51.5 Å². The summed E-state index contributed by atoms with van der Waals surface area (Å²) >= 11 is 0. The highest BCUT2D eigenvalue weighted by Crippen LogP contribution is 2.24. The Hall–Kier alpha value is -0.0800. The van der Waals surface area contributed by atoms with Crippen molar-refractivity contribution in [3.05, 3.63) is 0 Å². The molecular weight excluding hydrogens is 184 g/mol. The van der Waals surface area contributed by atoms with Gasteiger partial charge in [0.05, 0.1) is 0 Å². The summed E-state index contributed by atoms with van der Waals surface area (Å²) in [6, 6.07) is 0.848. The van der Waals surface area contributed by atoms with E-state index in [4.69, 9.17) is 0 Å². The van der Waals surface area contributed by atoms with E-state index in [1.54, 1.807) is 0 Å². The second kappa shape index (κ2) is 5.86. The second-order valence-electron chi connectivity index (χ2n) is 5.27. The highest BCUT2D eigenvalue weighted by atomic mass is 15.2. The molecule has 0 spiro atoms. The minimum atomic E-state index is 0.848. The van der Waals surface area contributed by atoms with E-state index in [9.17, 15) is 0 Å². The molecule has 1 unspecified atom stereocenters. The van der Waals surface area contributed by atoms with E-state index < -0.39 is 0 Å². The molecule has 0 aromatic heterocycles. The van der Waals surface area contributed by atoms with Crippen LogP contribution in [0.25, 0.3) is 0 Å². The van der Waals surface area contributed by atoms with Gasteiger partial charge in [0.2, 0.25) is 0 Å². The lowest BCUT2D eigenvalue weighted by molar-refractivity contribution is 0.111. The molecule has 2 saturated heterocycles. The molecule has 0 bridgehead atoms. The minimum Gasteiger partial charge on any atom is -0.315 e. The first-order valence-corrected chi connectivity index (χ1v) is 6.85. The largest absolute Gasteiger partial charge is 0.315 e. The van der Waals surface area contributed by atoms with Gasteiger partial charge in [0.15, 0.2) is 0 Å². The summed E-state index contributed by atoms with van der Waals surface area (Å²) in [5, 5.41) is 3.53. The lowest BCUT2D eigenvalue weighted by atomic mass is 9.91. The van der Waals surface area contributed by atoms with Crippen molar-refractivity contribution in [3.8, 4) is 0 Å². The molecule has 0 saturated carbocycles. The third kappa shape index (κ3) is 3.18. The smallest absolute Gasteiger partial charge is 0.0221 e. The van der Waals surface area contributed by atoms with Crippen LogP contribution in [0.3, 0.4) is 0 Å². The van der Waals surface area contributed by atoms with Gasteiger partial charge in [-0.15, -0.1) is 0 Å². The summed E-state index contributed by atoms with van der Waals surface area (Å²) in [5.41, 5.74) is 0. The fourth-order valence-electron chi connectivity index (χ4n) is 3.16. The van der Waals surface area contributed by atoms with Crippen molar-refractivity contribution >= 4 is 0 Å². The van der Waals surface area contributed by atoms with Gasteiger partial charge in [-0.2, -0.15) is 0 Å². The number of piperidine rings is 2. The summed E-state index contributed by atoms with van der Waals surface area (Å²) in [5.74, 6) is 1.03. The highest BCUT2D eigenvalue weighted by molar-refractivity contribution is 4.82. The van der Waals surface area contributed by atoms with Gasteiger partial charge in [-0.3, -0.25) is 4.90 Å². The fraction of sp³-hybridized carbons (Fsp3) is 1.00. The van der Waals surface area contributed by atoms with Crippen molar-refractivity contribution in [2.75, 3.05) is 26.2 Å². The average molecular weight is 210 g/mol. The molecule has 0 amide bonds. The number of rotatable bonds is 3. The third-order valence-electron chi connectivity index (χ3n) is 4.13.